The first-order chi connectivity index (χ1) is 8.56. The number of halogens is 1. The molecule has 1 saturated carbocycles. The van der Waals surface area contributed by atoms with Crippen molar-refractivity contribution in [3.63, 3.8) is 0 Å². The van der Waals surface area contributed by atoms with Crippen LogP contribution in [0.5, 0.6) is 5.75 Å². The quantitative estimate of drug-likeness (QED) is 0.636. The summed E-state index contributed by atoms with van der Waals surface area (Å²) in [4.78, 5) is 10.5. The predicted molar refractivity (Wildman–Crippen MR) is 70.8 cm³/mol. The highest BCUT2D eigenvalue weighted by Crippen LogP contribution is 2.34. The molecule has 3 N–H and O–H groups in total. The highest BCUT2D eigenvalue weighted by atomic mass is 35.5. The van der Waals surface area contributed by atoms with Crippen molar-refractivity contribution in [3.05, 3.63) is 28.8 Å². The lowest BCUT2D eigenvalue weighted by molar-refractivity contribution is -0.131. The van der Waals surface area contributed by atoms with E-state index in [1.54, 1.807) is 12.1 Å². The van der Waals surface area contributed by atoms with E-state index < -0.39 is 5.97 Å². The van der Waals surface area contributed by atoms with Crippen LogP contribution in [0, 0.1) is 5.92 Å². The minimum Gasteiger partial charge on any atom is -0.492 e. The number of aliphatic carboxylic acids is 1. The van der Waals surface area contributed by atoms with Gasteiger partial charge in [-0.2, -0.15) is 0 Å². The molecule has 1 aliphatic carbocycles. The number of anilines is 1. The highest BCUT2D eigenvalue weighted by molar-refractivity contribution is 6.32. The molecule has 0 heterocycles. The second kappa shape index (κ2) is 5.31. The molecule has 0 saturated heterocycles. The Kier molecular flexibility index (Phi) is 3.77. The fraction of sp³-hybridized carbons (Fsp3) is 0.308. The van der Waals surface area contributed by atoms with Crippen molar-refractivity contribution in [1.29, 1.82) is 0 Å². The van der Waals surface area contributed by atoms with Gasteiger partial charge in [-0.3, -0.25) is 0 Å². The van der Waals surface area contributed by atoms with Gasteiger partial charge in [-0.25, -0.2) is 4.79 Å². The SMILES string of the molecule is Nc1cc(Cl)c(OCC2CC2)cc1C=CC(=O)O. The van der Waals surface area contributed by atoms with Crippen LogP contribution in [-0.2, 0) is 4.79 Å². The summed E-state index contributed by atoms with van der Waals surface area (Å²) in [6.45, 7) is 0.645. The third-order valence-corrected chi connectivity index (χ3v) is 3.01. The van der Waals surface area contributed by atoms with Crippen molar-refractivity contribution in [1.82, 2.24) is 0 Å². The van der Waals surface area contributed by atoms with Crippen molar-refractivity contribution in [2.45, 2.75) is 12.8 Å². The fourth-order valence-corrected chi connectivity index (χ4v) is 1.72. The Morgan fingerprint density at radius 1 is 1.56 bits per heavy atom. The van der Waals surface area contributed by atoms with E-state index in [1.165, 1.54) is 18.9 Å². The number of carboxylic acid groups (broad SMARTS) is 1. The second-order valence-corrected chi connectivity index (χ2v) is 4.74. The molecule has 0 amide bonds. The number of hydrogen-bond acceptors (Lipinski definition) is 3. The summed E-state index contributed by atoms with van der Waals surface area (Å²) in [6.07, 6.45) is 4.85. The van der Waals surface area contributed by atoms with Crippen molar-refractivity contribution < 1.29 is 14.6 Å². The zero-order valence-electron chi connectivity index (χ0n) is 9.73. The Bertz CT molecular complexity index is 495. The summed E-state index contributed by atoms with van der Waals surface area (Å²) < 4.78 is 5.59. The largest absolute Gasteiger partial charge is 0.492 e. The number of hydrogen-bond donors (Lipinski definition) is 2. The molecule has 1 aromatic rings. The summed E-state index contributed by atoms with van der Waals surface area (Å²) in [6, 6.07) is 3.24. The Morgan fingerprint density at radius 2 is 2.28 bits per heavy atom. The lowest BCUT2D eigenvalue weighted by Crippen LogP contribution is -2.01. The van der Waals surface area contributed by atoms with Crippen LogP contribution in [0.3, 0.4) is 0 Å². The van der Waals surface area contributed by atoms with Gasteiger partial charge < -0.3 is 15.6 Å². The van der Waals surface area contributed by atoms with Gasteiger partial charge >= 0.3 is 5.97 Å². The molecule has 0 aromatic heterocycles. The topological polar surface area (TPSA) is 72.5 Å². The minimum absolute atomic E-state index is 0.427. The van der Waals surface area contributed by atoms with Crippen LogP contribution in [0.2, 0.25) is 5.02 Å². The molecule has 0 spiro atoms. The summed E-state index contributed by atoms with van der Waals surface area (Å²) in [7, 11) is 0. The highest BCUT2D eigenvalue weighted by Gasteiger charge is 2.22. The second-order valence-electron chi connectivity index (χ2n) is 4.34. The molecule has 0 radical (unpaired) electrons. The Balaban J connectivity index is 2.17. The number of carboxylic acids is 1. The average Bonchev–Trinajstić information content (AvgIpc) is 3.10. The number of nitrogen functional groups attached to an aromatic ring is 1. The van der Waals surface area contributed by atoms with Crippen LogP contribution in [0.25, 0.3) is 6.08 Å². The van der Waals surface area contributed by atoms with E-state index in [0.29, 0.717) is 34.5 Å². The van der Waals surface area contributed by atoms with Gasteiger partial charge in [0.15, 0.2) is 0 Å². The number of benzene rings is 1. The number of nitrogens with two attached hydrogens (primary N) is 1. The van der Waals surface area contributed by atoms with Crippen molar-refractivity contribution in [2.24, 2.45) is 5.92 Å². The zero-order chi connectivity index (χ0) is 13.1. The van der Waals surface area contributed by atoms with E-state index in [1.807, 2.05) is 0 Å². The molecule has 1 aliphatic rings. The molecule has 5 heteroatoms. The number of carbonyl (C=O) groups is 1. The molecular formula is C13H14ClNO3. The van der Waals surface area contributed by atoms with Gasteiger partial charge in [0.25, 0.3) is 0 Å². The molecule has 0 atom stereocenters. The standard InChI is InChI=1S/C13H14ClNO3/c14-10-6-11(15)9(3-4-13(16)17)5-12(10)18-7-8-1-2-8/h3-6,8H,1-2,7,15H2,(H,16,17). The zero-order valence-corrected chi connectivity index (χ0v) is 10.5. The molecule has 96 valence electrons. The molecule has 2 rings (SSSR count). The van der Waals surface area contributed by atoms with Gasteiger partial charge in [-0.05, 0) is 37.0 Å². The maximum Gasteiger partial charge on any atom is 0.328 e. The molecule has 0 unspecified atom stereocenters. The fourth-order valence-electron chi connectivity index (χ4n) is 1.49. The van der Waals surface area contributed by atoms with E-state index in [9.17, 15) is 4.79 Å². The lowest BCUT2D eigenvalue weighted by atomic mass is 10.1. The lowest BCUT2D eigenvalue weighted by Gasteiger charge is -2.10. The third kappa shape index (κ3) is 3.40. The summed E-state index contributed by atoms with van der Waals surface area (Å²) in [5.41, 5.74) is 6.78. The van der Waals surface area contributed by atoms with Gasteiger partial charge in [0.05, 0.1) is 11.6 Å². The molecule has 1 aromatic carbocycles. The van der Waals surface area contributed by atoms with Crippen LogP contribution < -0.4 is 10.5 Å². The van der Waals surface area contributed by atoms with E-state index in [4.69, 9.17) is 27.2 Å². The molecule has 18 heavy (non-hydrogen) atoms. The normalized spacial score (nSPS) is 14.9. The predicted octanol–water partition coefficient (Wildman–Crippen LogP) is 2.81. The third-order valence-electron chi connectivity index (χ3n) is 2.71. The van der Waals surface area contributed by atoms with Crippen molar-refractivity contribution in [2.75, 3.05) is 12.3 Å². The van der Waals surface area contributed by atoms with Crippen LogP contribution in [-0.4, -0.2) is 17.7 Å². The van der Waals surface area contributed by atoms with Crippen LogP contribution in [0.15, 0.2) is 18.2 Å². The maximum atomic E-state index is 10.5. The first-order valence-corrected chi connectivity index (χ1v) is 6.07. The summed E-state index contributed by atoms with van der Waals surface area (Å²) in [5.74, 6) is 0.143. The Hall–Kier alpha value is -1.68. The minimum atomic E-state index is -1.02. The van der Waals surface area contributed by atoms with E-state index in [0.717, 1.165) is 6.08 Å². The van der Waals surface area contributed by atoms with Crippen LogP contribution in [0.4, 0.5) is 5.69 Å². The van der Waals surface area contributed by atoms with E-state index in [-0.39, 0.29) is 0 Å². The van der Waals surface area contributed by atoms with Crippen LogP contribution >= 0.6 is 11.6 Å². The van der Waals surface area contributed by atoms with E-state index in [2.05, 4.69) is 0 Å². The number of rotatable bonds is 5. The molecule has 4 nitrogen and oxygen atoms in total. The first-order valence-electron chi connectivity index (χ1n) is 5.69. The molecule has 0 aliphatic heterocycles. The molecule has 0 bridgehead atoms. The maximum absolute atomic E-state index is 10.5. The summed E-state index contributed by atoms with van der Waals surface area (Å²) >= 11 is 6.02. The van der Waals surface area contributed by atoms with Gasteiger partial charge in [-0.1, -0.05) is 11.6 Å². The molecule has 1 fully saturated rings. The van der Waals surface area contributed by atoms with Gasteiger partial charge in [0.1, 0.15) is 5.75 Å². The Labute approximate surface area is 110 Å². The molecular weight excluding hydrogens is 254 g/mol. The van der Waals surface area contributed by atoms with Gasteiger partial charge in [0, 0.05) is 17.3 Å². The first kappa shape index (κ1) is 12.8. The van der Waals surface area contributed by atoms with Gasteiger partial charge in [0.2, 0.25) is 0 Å². The van der Waals surface area contributed by atoms with E-state index >= 15 is 0 Å². The average molecular weight is 268 g/mol. The Morgan fingerprint density at radius 3 is 2.89 bits per heavy atom. The smallest absolute Gasteiger partial charge is 0.328 e. The monoisotopic (exact) mass is 267 g/mol. The number of ether oxygens (including phenoxy) is 1. The summed E-state index contributed by atoms with van der Waals surface area (Å²) in [5, 5.41) is 9.03. The van der Waals surface area contributed by atoms with Crippen molar-refractivity contribution in [3.8, 4) is 5.75 Å². The van der Waals surface area contributed by atoms with Crippen LogP contribution in [0.1, 0.15) is 18.4 Å². The van der Waals surface area contributed by atoms with Crippen molar-refractivity contribution >= 4 is 29.3 Å². The van der Waals surface area contributed by atoms with Gasteiger partial charge in [-0.15, -0.1) is 0 Å².